The normalized spacial score (nSPS) is 12.7. The van der Waals surface area contributed by atoms with Crippen molar-refractivity contribution < 1.29 is 5.11 Å². The molecule has 0 aliphatic carbocycles. The van der Waals surface area contributed by atoms with Crippen LogP contribution in [0.2, 0.25) is 0 Å². The summed E-state index contributed by atoms with van der Waals surface area (Å²) in [5.74, 6) is 0. The zero-order valence-electron chi connectivity index (χ0n) is 10.7. The highest BCUT2D eigenvalue weighted by Crippen LogP contribution is 2.20. The number of para-hydroxylation sites is 1. The fraction of sp³-hybridized carbons (Fsp3) is 0.200. The molecule has 4 heteroatoms. The third-order valence-corrected chi connectivity index (χ3v) is 3.31. The van der Waals surface area contributed by atoms with Crippen LogP contribution in [0, 0.1) is 6.92 Å². The van der Waals surface area contributed by atoms with Crippen molar-refractivity contribution in [3.63, 3.8) is 0 Å². The standard InChI is InChI=1S/C15H15N3O/c1-11-6-2-3-7-12(11)15(19)10-18-14-9-5-4-8-13(14)16-17-18/h2-9,15,19H,10H2,1H3. The van der Waals surface area contributed by atoms with Crippen molar-refractivity contribution in [1.82, 2.24) is 15.0 Å². The molecule has 0 fully saturated rings. The molecule has 96 valence electrons. The molecule has 1 aromatic heterocycles. The molecule has 1 N–H and O–H groups in total. The van der Waals surface area contributed by atoms with Crippen molar-refractivity contribution in [3.8, 4) is 0 Å². The summed E-state index contributed by atoms with van der Waals surface area (Å²) in [6, 6.07) is 15.6. The van der Waals surface area contributed by atoms with Crippen LogP contribution in [0.4, 0.5) is 0 Å². The molecule has 1 unspecified atom stereocenters. The number of hydrogen-bond acceptors (Lipinski definition) is 3. The second-order valence-corrected chi connectivity index (χ2v) is 4.63. The first kappa shape index (κ1) is 11.9. The first-order chi connectivity index (χ1) is 9.25. The van der Waals surface area contributed by atoms with Crippen molar-refractivity contribution in [2.45, 2.75) is 19.6 Å². The maximum atomic E-state index is 10.3. The van der Waals surface area contributed by atoms with Crippen molar-refractivity contribution in [1.29, 1.82) is 0 Å². The van der Waals surface area contributed by atoms with Gasteiger partial charge in [0.1, 0.15) is 5.52 Å². The molecule has 0 saturated carbocycles. The first-order valence-corrected chi connectivity index (χ1v) is 6.27. The highest BCUT2D eigenvalue weighted by atomic mass is 16.3. The van der Waals surface area contributed by atoms with Crippen LogP contribution in [0.1, 0.15) is 17.2 Å². The molecule has 0 spiro atoms. The lowest BCUT2D eigenvalue weighted by Crippen LogP contribution is -2.11. The summed E-state index contributed by atoms with van der Waals surface area (Å²) in [4.78, 5) is 0. The molecule has 1 atom stereocenters. The molecule has 19 heavy (non-hydrogen) atoms. The Balaban J connectivity index is 1.91. The summed E-state index contributed by atoms with van der Waals surface area (Å²) in [5, 5.41) is 18.5. The zero-order valence-corrected chi connectivity index (χ0v) is 10.7. The Kier molecular flexibility index (Phi) is 3.01. The monoisotopic (exact) mass is 253 g/mol. The highest BCUT2D eigenvalue weighted by Gasteiger charge is 2.13. The van der Waals surface area contributed by atoms with Crippen LogP contribution in [0.3, 0.4) is 0 Å². The van der Waals surface area contributed by atoms with E-state index in [1.807, 2.05) is 55.5 Å². The van der Waals surface area contributed by atoms with Crippen LogP contribution in [0.15, 0.2) is 48.5 Å². The van der Waals surface area contributed by atoms with Crippen molar-refractivity contribution in [3.05, 3.63) is 59.7 Å². The van der Waals surface area contributed by atoms with Gasteiger partial charge in [-0.05, 0) is 30.2 Å². The summed E-state index contributed by atoms with van der Waals surface area (Å²) < 4.78 is 1.74. The molecule has 0 aliphatic heterocycles. The van der Waals surface area contributed by atoms with E-state index in [-0.39, 0.29) is 0 Å². The van der Waals surface area contributed by atoms with Gasteiger partial charge >= 0.3 is 0 Å². The van der Waals surface area contributed by atoms with Gasteiger partial charge in [-0.15, -0.1) is 5.10 Å². The smallest absolute Gasteiger partial charge is 0.113 e. The van der Waals surface area contributed by atoms with Crippen molar-refractivity contribution in [2.75, 3.05) is 0 Å². The van der Waals surface area contributed by atoms with Gasteiger partial charge in [-0.2, -0.15) is 0 Å². The predicted octanol–water partition coefficient (Wildman–Crippen LogP) is 2.47. The SMILES string of the molecule is Cc1ccccc1C(O)Cn1nnc2ccccc21. The van der Waals surface area contributed by atoms with Gasteiger partial charge in [0.15, 0.2) is 0 Å². The van der Waals surface area contributed by atoms with Crippen LogP contribution < -0.4 is 0 Å². The Morgan fingerprint density at radius 3 is 2.68 bits per heavy atom. The van der Waals surface area contributed by atoms with Crippen LogP contribution in [0.5, 0.6) is 0 Å². The molecular formula is C15H15N3O. The minimum absolute atomic E-state index is 0.408. The molecule has 0 bridgehead atoms. The summed E-state index contributed by atoms with van der Waals surface area (Å²) in [5.41, 5.74) is 3.80. The summed E-state index contributed by atoms with van der Waals surface area (Å²) in [6.07, 6.45) is -0.577. The molecule has 0 saturated heterocycles. The molecule has 0 amide bonds. The second-order valence-electron chi connectivity index (χ2n) is 4.63. The lowest BCUT2D eigenvalue weighted by molar-refractivity contribution is 0.151. The van der Waals surface area contributed by atoms with Crippen LogP contribution in [-0.4, -0.2) is 20.1 Å². The van der Waals surface area contributed by atoms with E-state index in [1.165, 1.54) is 0 Å². The van der Waals surface area contributed by atoms with E-state index >= 15 is 0 Å². The molecule has 3 rings (SSSR count). The fourth-order valence-electron chi connectivity index (χ4n) is 2.28. The number of aliphatic hydroxyl groups excluding tert-OH is 1. The van der Waals surface area contributed by atoms with Gasteiger partial charge in [0, 0.05) is 0 Å². The van der Waals surface area contributed by atoms with Gasteiger partial charge in [-0.3, -0.25) is 0 Å². The molecule has 0 radical (unpaired) electrons. The summed E-state index contributed by atoms with van der Waals surface area (Å²) >= 11 is 0. The Morgan fingerprint density at radius 1 is 1.11 bits per heavy atom. The minimum atomic E-state index is -0.577. The number of aliphatic hydroxyl groups is 1. The average molecular weight is 253 g/mol. The van der Waals surface area contributed by atoms with E-state index in [1.54, 1.807) is 4.68 Å². The quantitative estimate of drug-likeness (QED) is 0.780. The lowest BCUT2D eigenvalue weighted by atomic mass is 10.0. The molecular weight excluding hydrogens is 238 g/mol. The molecule has 2 aromatic carbocycles. The first-order valence-electron chi connectivity index (χ1n) is 6.27. The number of fused-ring (bicyclic) bond motifs is 1. The maximum Gasteiger partial charge on any atom is 0.113 e. The predicted molar refractivity (Wildman–Crippen MR) is 73.7 cm³/mol. The van der Waals surface area contributed by atoms with E-state index in [0.717, 1.165) is 22.2 Å². The topological polar surface area (TPSA) is 50.9 Å². The Bertz CT molecular complexity index is 705. The summed E-state index contributed by atoms with van der Waals surface area (Å²) in [7, 11) is 0. The number of hydrogen-bond donors (Lipinski definition) is 1. The number of benzene rings is 2. The Labute approximate surface area is 111 Å². The second kappa shape index (κ2) is 4.82. The number of rotatable bonds is 3. The number of nitrogens with zero attached hydrogens (tertiary/aromatic N) is 3. The van der Waals surface area contributed by atoms with Gasteiger partial charge in [0.25, 0.3) is 0 Å². The third kappa shape index (κ3) is 2.22. The third-order valence-electron chi connectivity index (χ3n) is 3.31. The van der Waals surface area contributed by atoms with E-state index in [0.29, 0.717) is 6.54 Å². The molecule has 3 aromatic rings. The lowest BCUT2D eigenvalue weighted by Gasteiger charge is -2.13. The maximum absolute atomic E-state index is 10.3. The fourth-order valence-corrected chi connectivity index (χ4v) is 2.28. The Morgan fingerprint density at radius 2 is 1.84 bits per heavy atom. The molecule has 4 nitrogen and oxygen atoms in total. The van der Waals surface area contributed by atoms with E-state index < -0.39 is 6.10 Å². The van der Waals surface area contributed by atoms with Gasteiger partial charge in [-0.25, -0.2) is 4.68 Å². The highest BCUT2D eigenvalue weighted by molar-refractivity contribution is 5.73. The van der Waals surface area contributed by atoms with Gasteiger partial charge < -0.3 is 5.11 Å². The average Bonchev–Trinajstić information content (AvgIpc) is 2.83. The van der Waals surface area contributed by atoms with E-state index in [9.17, 15) is 5.11 Å². The van der Waals surface area contributed by atoms with Gasteiger partial charge in [0.2, 0.25) is 0 Å². The van der Waals surface area contributed by atoms with Crippen molar-refractivity contribution in [2.24, 2.45) is 0 Å². The van der Waals surface area contributed by atoms with Crippen LogP contribution >= 0.6 is 0 Å². The minimum Gasteiger partial charge on any atom is -0.386 e. The van der Waals surface area contributed by atoms with Crippen LogP contribution in [0.25, 0.3) is 11.0 Å². The van der Waals surface area contributed by atoms with Gasteiger partial charge in [-0.1, -0.05) is 41.6 Å². The number of aryl methyl sites for hydroxylation is 1. The van der Waals surface area contributed by atoms with Crippen molar-refractivity contribution >= 4 is 11.0 Å². The molecule has 1 heterocycles. The molecule has 0 aliphatic rings. The zero-order chi connectivity index (χ0) is 13.2. The summed E-state index contributed by atoms with van der Waals surface area (Å²) in [6.45, 7) is 2.41. The number of aromatic nitrogens is 3. The van der Waals surface area contributed by atoms with E-state index in [2.05, 4.69) is 10.3 Å². The van der Waals surface area contributed by atoms with Crippen LogP contribution in [-0.2, 0) is 6.54 Å². The Hall–Kier alpha value is -2.20. The van der Waals surface area contributed by atoms with Gasteiger partial charge in [0.05, 0.1) is 18.2 Å². The largest absolute Gasteiger partial charge is 0.386 e. The van der Waals surface area contributed by atoms with E-state index in [4.69, 9.17) is 0 Å².